The summed E-state index contributed by atoms with van der Waals surface area (Å²) in [6.07, 6.45) is 14.0. The summed E-state index contributed by atoms with van der Waals surface area (Å²) in [4.78, 5) is 84.7. The van der Waals surface area contributed by atoms with Crippen LogP contribution in [-0.4, -0.2) is 127 Å². The topological polar surface area (TPSA) is 180 Å². The van der Waals surface area contributed by atoms with E-state index in [-0.39, 0.29) is 49.2 Å². The summed E-state index contributed by atoms with van der Waals surface area (Å²) < 4.78 is 11.4. The first-order chi connectivity index (χ1) is 30.7. The third kappa shape index (κ3) is 12.4. The van der Waals surface area contributed by atoms with Gasteiger partial charge in [-0.25, -0.2) is 0 Å². The van der Waals surface area contributed by atoms with Crippen LogP contribution in [0.2, 0.25) is 0 Å². The van der Waals surface area contributed by atoms with Crippen molar-refractivity contribution in [2.75, 3.05) is 71.0 Å². The number of carbonyl (C=O) groups excluding carboxylic acids is 6. The van der Waals surface area contributed by atoms with Gasteiger partial charge < -0.3 is 34.8 Å². The Morgan fingerprint density at radius 3 is 2.37 bits per heavy atom. The number of imide groups is 1. The Labute approximate surface area is 368 Å². The monoisotopic (exact) mass is 861 g/mol. The number of hydrogen-bond donors (Lipinski definition) is 3. The zero-order chi connectivity index (χ0) is 44.0. The molecule has 4 aliphatic rings. The van der Waals surface area contributed by atoms with E-state index in [0.29, 0.717) is 75.3 Å². The van der Waals surface area contributed by atoms with Crippen LogP contribution in [-0.2, 0) is 35.2 Å². The van der Waals surface area contributed by atoms with Gasteiger partial charge in [-0.1, -0.05) is 37.1 Å². The minimum atomic E-state index is -0.661. The average molecular weight is 862 g/mol. The van der Waals surface area contributed by atoms with Crippen molar-refractivity contribution in [1.29, 1.82) is 0 Å². The molecule has 63 heavy (non-hydrogen) atoms. The minimum absolute atomic E-state index is 0.000260. The Hall–Kier alpha value is -5.93. The molecule has 1 aromatic heterocycles. The largest absolute Gasteiger partial charge is 0.382 e. The number of fused-ring (bicyclic) bond motifs is 1. The highest BCUT2D eigenvalue weighted by Crippen LogP contribution is 2.33. The van der Waals surface area contributed by atoms with E-state index in [1.54, 1.807) is 36.7 Å². The fraction of sp³-hybridized carbons (Fsp3) is 0.479. The van der Waals surface area contributed by atoms with E-state index < -0.39 is 11.9 Å². The normalized spacial score (nSPS) is 18.4. The quantitative estimate of drug-likeness (QED) is 0.0881. The lowest BCUT2D eigenvalue weighted by atomic mass is 9.88. The molecule has 0 aliphatic carbocycles. The van der Waals surface area contributed by atoms with Crippen molar-refractivity contribution in [3.05, 3.63) is 101 Å². The minimum Gasteiger partial charge on any atom is -0.382 e. The average Bonchev–Trinajstić information content (AvgIpc) is 3.65. The Morgan fingerprint density at radius 1 is 0.825 bits per heavy atom. The number of anilines is 1. The van der Waals surface area contributed by atoms with Crippen LogP contribution >= 0.6 is 0 Å². The Morgan fingerprint density at radius 2 is 1.60 bits per heavy atom. The lowest BCUT2D eigenvalue weighted by molar-refractivity contribution is -0.138. The number of pyridine rings is 1. The Balaban J connectivity index is 0.715. The fourth-order valence-corrected chi connectivity index (χ4v) is 8.92. The van der Waals surface area contributed by atoms with Gasteiger partial charge in [0.25, 0.3) is 11.8 Å². The molecule has 0 spiro atoms. The molecule has 3 saturated heterocycles. The number of unbranched alkanes of at least 4 members (excludes halogenated alkanes) is 1. The number of piperidine rings is 3. The maximum absolute atomic E-state index is 13.3. The molecule has 3 aromatic rings. The van der Waals surface area contributed by atoms with Crippen LogP contribution in [0.1, 0.15) is 101 Å². The molecule has 15 heteroatoms. The first kappa shape index (κ1) is 45.1. The number of rotatable bonds is 19. The van der Waals surface area contributed by atoms with Crippen LogP contribution in [0.25, 0.3) is 6.08 Å². The third-order valence-corrected chi connectivity index (χ3v) is 12.6. The van der Waals surface area contributed by atoms with E-state index in [4.69, 9.17) is 9.47 Å². The van der Waals surface area contributed by atoms with Crippen LogP contribution in [0.5, 0.6) is 0 Å². The van der Waals surface area contributed by atoms with Crippen molar-refractivity contribution in [2.24, 2.45) is 5.92 Å². The van der Waals surface area contributed by atoms with Crippen molar-refractivity contribution in [3.8, 4) is 0 Å². The Kier molecular flexibility index (Phi) is 16.1. The highest BCUT2D eigenvalue weighted by atomic mass is 16.5. The number of nitrogens with one attached hydrogen (secondary N) is 3. The zero-order valence-corrected chi connectivity index (χ0v) is 35.9. The van der Waals surface area contributed by atoms with Crippen molar-refractivity contribution in [1.82, 2.24) is 30.3 Å². The number of carbonyl (C=O) groups is 6. The summed E-state index contributed by atoms with van der Waals surface area (Å²) in [7, 11) is 0. The van der Waals surface area contributed by atoms with Crippen LogP contribution in [0, 0.1) is 5.92 Å². The summed E-state index contributed by atoms with van der Waals surface area (Å²) >= 11 is 0. The molecule has 1 atom stereocenters. The molecule has 334 valence electrons. The number of ether oxygens (including phenoxy) is 2. The van der Waals surface area contributed by atoms with Crippen LogP contribution < -0.4 is 16.0 Å². The summed E-state index contributed by atoms with van der Waals surface area (Å²) in [5.74, 6) is -0.0834. The van der Waals surface area contributed by atoms with E-state index in [1.165, 1.54) is 10.5 Å². The van der Waals surface area contributed by atoms with Crippen LogP contribution in [0.3, 0.4) is 0 Å². The van der Waals surface area contributed by atoms with Gasteiger partial charge >= 0.3 is 0 Å². The van der Waals surface area contributed by atoms with E-state index in [2.05, 4.69) is 33.1 Å². The van der Waals surface area contributed by atoms with Gasteiger partial charge in [-0.2, -0.15) is 0 Å². The summed E-state index contributed by atoms with van der Waals surface area (Å²) in [5, 5.41) is 8.61. The van der Waals surface area contributed by atoms with E-state index >= 15 is 0 Å². The number of aromatic nitrogens is 1. The second kappa shape index (κ2) is 22.4. The first-order valence-corrected chi connectivity index (χ1v) is 22.4. The van der Waals surface area contributed by atoms with Gasteiger partial charge in [-0.15, -0.1) is 0 Å². The van der Waals surface area contributed by atoms with Gasteiger partial charge in [0.2, 0.25) is 23.6 Å². The number of nitrogens with zero attached hydrogens (tertiary/aromatic N) is 4. The highest BCUT2D eigenvalue weighted by Gasteiger charge is 2.40. The molecule has 3 fully saturated rings. The lowest BCUT2D eigenvalue weighted by Gasteiger charge is -2.33. The number of hydrogen-bond acceptors (Lipinski definition) is 10. The number of benzene rings is 2. The molecule has 2 aromatic carbocycles. The molecule has 7 rings (SSSR count). The maximum Gasteiger partial charge on any atom is 0.255 e. The van der Waals surface area contributed by atoms with Gasteiger partial charge in [0.1, 0.15) is 12.6 Å². The van der Waals surface area contributed by atoms with Crippen LogP contribution in [0.15, 0.2) is 73.1 Å². The molecule has 4 aliphatic heterocycles. The predicted molar refractivity (Wildman–Crippen MR) is 236 cm³/mol. The van der Waals surface area contributed by atoms with Gasteiger partial charge in [-0.3, -0.25) is 39.1 Å². The molecular weight excluding hydrogens is 803 g/mol. The lowest BCUT2D eigenvalue weighted by Crippen LogP contribution is -2.52. The van der Waals surface area contributed by atoms with Gasteiger partial charge in [0.15, 0.2) is 0 Å². The molecule has 15 nitrogen and oxygen atoms in total. The van der Waals surface area contributed by atoms with Crippen molar-refractivity contribution < 1.29 is 38.2 Å². The second-order valence-corrected chi connectivity index (χ2v) is 16.7. The smallest absolute Gasteiger partial charge is 0.255 e. The first-order valence-electron chi connectivity index (χ1n) is 22.4. The summed E-state index contributed by atoms with van der Waals surface area (Å²) in [5.41, 5.74) is 4.98. The number of likely N-dealkylation sites (tertiary alicyclic amines) is 2. The van der Waals surface area contributed by atoms with Crippen LogP contribution in [0.4, 0.5) is 5.69 Å². The van der Waals surface area contributed by atoms with E-state index in [1.807, 2.05) is 40.1 Å². The highest BCUT2D eigenvalue weighted by molar-refractivity contribution is 6.06. The molecule has 0 radical (unpaired) electrons. The van der Waals surface area contributed by atoms with Gasteiger partial charge in [-0.05, 0) is 97.9 Å². The number of amides is 6. The van der Waals surface area contributed by atoms with Gasteiger partial charge in [0.05, 0.1) is 19.8 Å². The fourth-order valence-electron chi connectivity index (χ4n) is 8.92. The van der Waals surface area contributed by atoms with Crippen molar-refractivity contribution in [3.63, 3.8) is 0 Å². The third-order valence-electron chi connectivity index (χ3n) is 12.6. The molecule has 3 N–H and O–H groups in total. The molecule has 1 unspecified atom stereocenters. The van der Waals surface area contributed by atoms with Crippen molar-refractivity contribution in [2.45, 2.75) is 76.3 Å². The predicted octanol–water partition coefficient (Wildman–Crippen LogP) is 4.55. The maximum atomic E-state index is 13.3. The van der Waals surface area contributed by atoms with Crippen molar-refractivity contribution >= 4 is 47.2 Å². The molecule has 0 bridgehead atoms. The van der Waals surface area contributed by atoms with Gasteiger partial charge in [0, 0.05) is 93.1 Å². The Bertz CT molecular complexity index is 2100. The summed E-state index contributed by atoms with van der Waals surface area (Å²) in [6.45, 7) is 5.30. The molecular formula is C48H59N7O8. The molecule has 5 heterocycles. The summed E-state index contributed by atoms with van der Waals surface area (Å²) in [6, 6.07) is 16.6. The van der Waals surface area contributed by atoms with E-state index in [9.17, 15) is 28.8 Å². The molecule has 6 amide bonds. The van der Waals surface area contributed by atoms with E-state index in [0.717, 1.165) is 74.8 Å². The standard InChI is InChI=1S/C48H59N7O8/c56-43(15-9-35-6-4-21-49-31-35)51-22-2-1-5-34-17-24-54(25-18-34)47(60)38-12-10-36(11-13-38)37-19-26-53(27-20-37)45(58)33-63-30-29-62-28-23-50-41-8-3-7-39-40(41)32-55(48(39)61)42-14-16-44(57)52-46(42)59/h3-4,6-13,15,21,31,34,37,42,50H,1-2,5,14,16-20,22-30,32-33H2,(H,51,56)(H,52,57,59)/b15-9+. The SMILES string of the molecule is O=C(/C=C/c1cccnc1)NCCCCC1CCN(C(=O)c2ccc(C3CCN(C(=O)COCCOCCNc4cccc5c4CN(C4CCC(=O)NC4=O)C5=O)CC3)cc2)CC1. The zero-order valence-electron chi connectivity index (χ0n) is 35.9. The molecule has 0 saturated carbocycles. The second-order valence-electron chi connectivity index (χ2n) is 16.7.